The van der Waals surface area contributed by atoms with Crippen molar-refractivity contribution in [3.63, 3.8) is 0 Å². The number of hydrogen-bond acceptors (Lipinski definition) is 5. The minimum Gasteiger partial charge on any atom is -0.457 e. The van der Waals surface area contributed by atoms with Crippen molar-refractivity contribution in [1.29, 1.82) is 0 Å². The van der Waals surface area contributed by atoms with Crippen LogP contribution in [0.5, 0.6) is 11.5 Å². The molecule has 1 fully saturated rings. The van der Waals surface area contributed by atoms with Gasteiger partial charge in [-0.2, -0.15) is 0 Å². The van der Waals surface area contributed by atoms with Crippen LogP contribution in [0.3, 0.4) is 0 Å². The van der Waals surface area contributed by atoms with E-state index in [1.807, 2.05) is 31.2 Å². The summed E-state index contributed by atoms with van der Waals surface area (Å²) < 4.78 is 12.1. The van der Waals surface area contributed by atoms with Crippen LogP contribution < -0.4 is 15.0 Å². The smallest absolute Gasteiger partial charge is 0.311 e. The first-order chi connectivity index (χ1) is 18.0. The lowest BCUT2D eigenvalue weighted by Gasteiger charge is -2.19. The third-order valence-corrected chi connectivity index (χ3v) is 6.86. The van der Waals surface area contributed by atoms with Gasteiger partial charge in [0.25, 0.3) is 5.91 Å². The second-order valence-electron chi connectivity index (χ2n) is 10.4. The number of nitrogens with zero attached hydrogens (tertiary/aromatic N) is 1. The Morgan fingerprint density at radius 2 is 1.63 bits per heavy atom. The van der Waals surface area contributed by atoms with Crippen LogP contribution in [0.2, 0.25) is 0 Å². The Morgan fingerprint density at radius 3 is 2.24 bits per heavy atom. The minimum absolute atomic E-state index is 0.0324. The first kappa shape index (κ1) is 27.4. The summed E-state index contributed by atoms with van der Waals surface area (Å²) in [4.78, 5) is 39.0. The molecule has 4 rings (SSSR count). The monoisotopic (exact) mass is 578 g/mol. The molecule has 0 aromatic heterocycles. The quantitative estimate of drug-likeness (QED) is 0.329. The average Bonchev–Trinajstić information content (AvgIpc) is 3.26. The number of aryl methyl sites for hydroxylation is 1. The second kappa shape index (κ2) is 11.4. The lowest BCUT2D eigenvalue weighted by Crippen LogP contribution is -2.28. The fourth-order valence-electron chi connectivity index (χ4n) is 4.18. The highest BCUT2D eigenvalue weighted by molar-refractivity contribution is 9.10. The van der Waals surface area contributed by atoms with Crippen LogP contribution in [0.4, 0.5) is 11.4 Å². The molecule has 0 bridgehead atoms. The SMILES string of the molecule is Cc1cc(Br)ccc1NC(=O)COC(=O)[C@@H]1CC(=O)N(c2ccc(Oc3ccc(C(C)(C)C)cc3)cc2)C1. The Labute approximate surface area is 231 Å². The Morgan fingerprint density at radius 1 is 1.00 bits per heavy atom. The first-order valence-electron chi connectivity index (χ1n) is 12.4. The molecule has 1 saturated heterocycles. The van der Waals surface area contributed by atoms with Gasteiger partial charge < -0.3 is 19.7 Å². The Hall–Kier alpha value is -3.65. The zero-order valence-corrected chi connectivity index (χ0v) is 23.5. The Balaban J connectivity index is 1.29. The van der Waals surface area contributed by atoms with Crippen molar-refractivity contribution in [3.05, 3.63) is 82.3 Å². The number of esters is 1. The summed E-state index contributed by atoms with van der Waals surface area (Å²) in [5.41, 5.74) is 3.49. The molecule has 8 heteroatoms. The number of nitrogens with one attached hydrogen (secondary N) is 1. The molecule has 198 valence electrons. The summed E-state index contributed by atoms with van der Waals surface area (Å²) in [7, 11) is 0. The molecule has 1 heterocycles. The normalized spacial score (nSPS) is 15.3. The first-order valence-corrected chi connectivity index (χ1v) is 13.2. The maximum absolute atomic E-state index is 12.6. The van der Waals surface area contributed by atoms with E-state index in [2.05, 4.69) is 54.2 Å². The van der Waals surface area contributed by atoms with Gasteiger partial charge in [-0.25, -0.2) is 0 Å². The summed E-state index contributed by atoms with van der Waals surface area (Å²) in [6.07, 6.45) is 0.0324. The van der Waals surface area contributed by atoms with Crippen molar-refractivity contribution in [2.75, 3.05) is 23.4 Å². The van der Waals surface area contributed by atoms with Gasteiger partial charge in [0.2, 0.25) is 5.91 Å². The molecule has 1 atom stereocenters. The van der Waals surface area contributed by atoms with Gasteiger partial charge in [-0.05, 0) is 78.1 Å². The zero-order valence-electron chi connectivity index (χ0n) is 21.9. The molecule has 0 aliphatic carbocycles. The van der Waals surface area contributed by atoms with E-state index < -0.39 is 24.4 Å². The van der Waals surface area contributed by atoms with E-state index in [0.29, 0.717) is 17.1 Å². The van der Waals surface area contributed by atoms with Crippen LogP contribution in [-0.2, 0) is 24.5 Å². The number of ether oxygens (including phenoxy) is 2. The third-order valence-electron chi connectivity index (χ3n) is 6.37. The van der Waals surface area contributed by atoms with Crippen molar-refractivity contribution >= 4 is 45.1 Å². The fraction of sp³-hybridized carbons (Fsp3) is 0.300. The van der Waals surface area contributed by atoms with E-state index >= 15 is 0 Å². The lowest BCUT2D eigenvalue weighted by molar-refractivity contribution is -0.151. The number of carbonyl (C=O) groups excluding carboxylic acids is 3. The molecule has 0 unspecified atom stereocenters. The molecular formula is C30H31BrN2O5. The van der Waals surface area contributed by atoms with Gasteiger partial charge in [0.15, 0.2) is 6.61 Å². The van der Waals surface area contributed by atoms with E-state index in [-0.39, 0.29) is 24.3 Å². The number of benzene rings is 3. The van der Waals surface area contributed by atoms with Crippen molar-refractivity contribution in [3.8, 4) is 11.5 Å². The van der Waals surface area contributed by atoms with E-state index in [1.54, 1.807) is 35.2 Å². The highest BCUT2D eigenvalue weighted by Gasteiger charge is 2.36. The molecule has 1 aliphatic heterocycles. The molecule has 38 heavy (non-hydrogen) atoms. The summed E-state index contributed by atoms with van der Waals surface area (Å²) in [6, 6.07) is 20.6. The van der Waals surface area contributed by atoms with Crippen molar-refractivity contribution in [2.45, 2.75) is 39.5 Å². The molecule has 1 aliphatic rings. The molecule has 3 aromatic carbocycles. The van der Waals surface area contributed by atoms with Crippen LogP contribution in [0.25, 0.3) is 0 Å². The number of hydrogen-bond donors (Lipinski definition) is 1. The van der Waals surface area contributed by atoms with Gasteiger partial charge in [-0.1, -0.05) is 48.8 Å². The van der Waals surface area contributed by atoms with Gasteiger partial charge in [-0.15, -0.1) is 0 Å². The maximum Gasteiger partial charge on any atom is 0.311 e. The second-order valence-corrected chi connectivity index (χ2v) is 11.3. The van der Waals surface area contributed by atoms with Crippen LogP contribution in [-0.4, -0.2) is 30.9 Å². The van der Waals surface area contributed by atoms with Gasteiger partial charge in [0, 0.05) is 28.8 Å². The number of rotatable bonds is 7. The topological polar surface area (TPSA) is 84.9 Å². The summed E-state index contributed by atoms with van der Waals surface area (Å²) in [5, 5.41) is 2.73. The number of carbonyl (C=O) groups is 3. The fourth-order valence-corrected chi connectivity index (χ4v) is 4.65. The summed E-state index contributed by atoms with van der Waals surface area (Å²) in [5.74, 6) is -0.442. The molecule has 1 N–H and O–H groups in total. The molecular weight excluding hydrogens is 548 g/mol. The predicted octanol–water partition coefficient (Wildman–Crippen LogP) is 6.38. The van der Waals surface area contributed by atoms with Crippen molar-refractivity contribution < 1.29 is 23.9 Å². The number of amides is 2. The van der Waals surface area contributed by atoms with Crippen molar-refractivity contribution in [1.82, 2.24) is 0 Å². The molecule has 7 nitrogen and oxygen atoms in total. The van der Waals surface area contributed by atoms with Crippen LogP contribution in [0.15, 0.2) is 71.2 Å². The maximum atomic E-state index is 12.6. The van der Waals surface area contributed by atoms with E-state index in [0.717, 1.165) is 15.8 Å². The number of anilines is 2. The standard InChI is InChI=1S/C30H31BrN2O5/c1-19-15-22(31)7-14-26(19)32-27(34)18-37-29(36)20-16-28(35)33(17-20)23-8-12-25(13-9-23)38-24-10-5-21(6-11-24)30(2,3)4/h5-15,20H,16-18H2,1-4H3,(H,32,34)/t20-/m1/s1. The Kier molecular flexibility index (Phi) is 8.21. The highest BCUT2D eigenvalue weighted by Crippen LogP contribution is 2.30. The Bertz CT molecular complexity index is 1330. The van der Waals surface area contributed by atoms with E-state index in [1.165, 1.54) is 5.56 Å². The van der Waals surface area contributed by atoms with Crippen LogP contribution in [0.1, 0.15) is 38.3 Å². The average molecular weight is 579 g/mol. The van der Waals surface area contributed by atoms with Crippen LogP contribution in [0, 0.1) is 12.8 Å². The molecule has 0 radical (unpaired) electrons. The molecule has 0 saturated carbocycles. The minimum atomic E-state index is -0.637. The third kappa shape index (κ3) is 6.81. The molecule has 0 spiro atoms. The molecule has 3 aromatic rings. The zero-order chi connectivity index (χ0) is 27.4. The summed E-state index contributed by atoms with van der Waals surface area (Å²) in [6.45, 7) is 8.13. The van der Waals surface area contributed by atoms with Crippen molar-refractivity contribution in [2.24, 2.45) is 5.92 Å². The largest absolute Gasteiger partial charge is 0.457 e. The van der Waals surface area contributed by atoms with Gasteiger partial charge in [0.1, 0.15) is 11.5 Å². The molecule has 2 amide bonds. The van der Waals surface area contributed by atoms with Gasteiger partial charge in [-0.3, -0.25) is 14.4 Å². The van der Waals surface area contributed by atoms with Crippen LogP contribution >= 0.6 is 15.9 Å². The highest BCUT2D eigenvalue weighted by atomic mass is 79.9. The number of halogens is 1. The summed E-state index contributed by atoms with van der Waals surface area (Å²) >= 11 is 3.38. The van der Waals surface area contributed by atoms with E-state index in [4.69, 9.17) is 9.47 Å². The predicted molar refractivity (Wildman–Crippen MR) is 151 cm³/mol. The van der Waals surface area contributed by atoms with Gasteiger partial charge >= 0.3 is 5.97 Å². The lowest BCUT2D eigenvalue weighted by atomic mass is 9.87. The van der Waals surface area contributed by atoms with E-state index in [9.17, 15) is 14.4 Å². The van der Waals surface area contributed by atoms with Gasteiger partial charge in [0.05, 0.1) is 5.92 Å².